The summed E-state index contributed by atoms with van der Waals surface area (Å²) in [6.07, 6.45) is 1.24. The molecule has 1 atom stereocenters. The van der Waals surface area contributed by atoms with Crippen molar-refractivity contribution in [3.8, 4) is 0 Å². The molecule has 2 aliphatic heterocycles. The zero-order valence-electron chi connectivity index (χ0n) is 12.8. The maximum atomic E-state index is 12.7. The number of carbonyl (C=O) groups is 4. The number of hydrogen-bond acceptors (Lipinski definition) is 4. The van der Waals surface area contributed by atoms with E-state index in [9.17, 15) is 19.2 Å². The maximum absolute atomic E-state index is 12.7. The SMILES string of the molecule is O=C1CCCC(N2Cc3c(NC(=O)CCl)cccc3C2=O)C(=O)N1. The summed E-state index contributed by atoms with van der Waals surface area (Å²) in [7, 11) is 0. The minimum absolute atomic E-state index is 0.186. The van der Waals surface area contributed by atoms with E-state index in [1.165, 1.54) is 4.90 Å². The molecule has 1 saturated heterocycles. The third-order valence-electron chi connectivity index (χ3n) is 4.21. The van der Waals surface area contributed by atoms with Crippen molar-refractivity contribution >= 4 is 40.9 Å². The van der Waals surface area contributed by atoms with Gasteiger partial charge in [-0.15, -0.1) is 11.6 Å². The van der Waals surface area contributed by atoms with Crippen LogP contribution in [0.15, 0.2) is 18.2 Å². The average Bonchev–Trinajstić information content (AvgIpc) is 2.79. The second kappa shape index (κ2) is 6.60. The number of halogens is 1. The van der Waals surface area contributed by atoms with Gasteiger partial charge in [0, 0.05) is 29.8 Å². The summed E-state index contributed by atoms with van der Waals surface area (Å²) in [6, 6.07) is 4.33. The van der Waals surface area contributed by atoms with Crippen LogP contribution in [-0.4, -0.2) is 40.5 Å². The molecule has 4 amide bonds. The Bertz CT molecular complexity index is 734. The van der Waals surface area contributed by atoms with Crippen LogP contribution in [-0.2, 0) is 20.9 Å². The number of fused-ring (bicyclic) bond motifs is 1. The van der Waals surface area contributed by atoms with Crippen LogP contribution < -0.4 is 10.6 Å². The van der Waals surface area contributed by atoms with Crippen LogP contribution in [0.2, 0.25) is 0 Å². The van der Waals surface area contributed by atoms with E-state index < -0.39 is 11.9 Å². The van der Waals surface area contributed by atoms with Crippen molar-refractivity contribution < 1.29 is 19.2 Å². The minimum Gasteiger partial charge on any atom is -0.325 e. The predicted octanol–water partition coefficient (Wildman–Crippen LogP) is 1.01. The van der Waals surface area contributed by atoms with Crippen LogP contribution in [0, 0.1) is 0 Å². The Hall–Kier alpha value is -2.41. The Balaban J connectivity index is 1.87. The summed E-state index contributed by atoms with van der Waals surface area (Å²) in [4.78, 5) is 49.3. The first-order chi connectivity index (χ1) is 11.5. The molecule has 8 heteroatoms. The monoisotopic (exact) mass is 349 g/mol. The summed E-state index contributed by atoms with van der Waals surface area (Å²) in [5.74, 6) is -1.60. The standard InChI is InChI=1S/C16H16ClN3O4/c17-7-14(22)18-11-4-1-3-9-10(11)8-20(16(9)24)12-5-2-6-13(21)19-15(12)23/h1,3-4,12H,2,5-8H2,(H,18,22)(H,19,21,23). The van der Waals surface area contributed by atoms with Gasteiger partial charge in [0.1, 0.15) is 11.9 Å². The topological polar surface area (TPSA) is 95.6 Å². The van der Waals surface area contributed by atoms with Gasteiger partial charge >= 0.3 is 0 Å². The highest BCUT2D eigenvalue weighted by molar-refractivity contribution is 6.29. The van der Waals surface area contributed by atoms with Crippen molar-refractivity contribution in [3.63, 3.8) is 0 Å². The molecule has 0 radical (unpaired) electrons. The van der Waals surface area contributed by atoms with Crippen molar-refractivity contribution in [2.75, 3.05) is 11.2 Å². The predicted molar refractivity (Wildman–Crippen MR) is 86.5 cm³/mol. The zero-order valence-corrected chi connectivity index (χ0v) is 13.6. The highest BCUT2D eigenvalue weighted by Gasteiger charge is 2.38. The highest BCUT2D eigenvalue weighted by Crippen LogP contribution is 2.32. The normalized spacial score (nSPS) is 20.5. The Labute approximate surface area is 143 Å². The molecule has 1 aromatic rings. The first-order valence-electron chi connectivity index (χ1n) is 7.63. The fraction of sp³-hybridized carbons (Fsp3) is 0.375. The molecule has 0 aliphatic carbocycles. The lowest BCUT2D eigenvalue weighted by molar-refractivity contribution is -0.132. The number of amides is 4. The first kappa shape index (κ1) is 16.4. The van der Waals surface area contributed by atoms with Gasteiger partial charge in [-0.25, -0.2) is 0 Å². The van der Waals surface area contributed by atoms with E-state index in [0.29, 0.717) is 29.7 Å². The molecule has 24 heavy (non-hydrogen) atoms. The minimum atomic E-state index is -0.687. The molecule has 1 aromatic carbocycles. The summed E-state index contributed by atoms with van der Waals surface area (Å²) in [5, 5.41) is 4.98. The average molecular weight is 350 g/mol. The van der Waals surface area contributed by atoms with Crippen molar-refractivity contribution in [2.45, 2.75) is 31.8 Å². The Morgan fingerprint density at radius 2 is 2.12 bits per heavy atom. The van der Waals surface area contributed by atoms with Gasteiger partial charge in [-0.3, -0.25) is 24.5 Å². The largest absolute Gasteiger partial charge is 0.325 e. The highest BCUT2D eigenvalue weighted by atomic mass is 35.5. The van der Waals surface area contributed by atoms with E-state index >= 15 is 0 Å². The lowest BCUT2D eigenvalue weighted by atomic mass is 10.1. The van der Waals surface area contributed by atoms with Gasteiger partial charge in [-0.2, -0.15) is 0 Å². The lowest BCUT2D eigenvalue weighted by Crippen LogP contribution is -2.46. The van der Waals surface area contributed by atoms with Gasteiger partial charge in [0.15, 0.2) is 0 Å². The maximum Gasteiger partial charge on any atom is 0.255 e. The zero-order chi connectivity index (χ0) is 17.3. The Morgan fingerprint density at radius 1 is 1.33 bits per heavy atom. The number of benzene rings is 1. The van der Waals surface area contributed by atoms with Crippen LogP contribution in [0.5, 0.6) is 0 Å². The number of rotatable bonds is 3. The summed E-state index contributed by atoms with van der Waals surface area (Å²) in [5.41, 5.74) is 1.62. The third-order valence-corrected chi connectivity index (χ3v) is 4.46. The smallest absolute Gasteiger partial charge is 0.255 e. The quantitative estimate of drug-likeness (QED) is 0.629. The first-order valence-corrected chi connectivity index (χ1v) is 8.17. The van der Waals surface area contributed by atoms with E-state index in [1.54, 1.807) is 18.2 Å². The van der Waals surface area contributed by atoms with Crippen LogP contribution in [0.3, 0.4) is 0 Å². The summed E-state index contributed by atoms with van der Waals surface area (Å²) in [6.45, 7) is 0.208. The molecule has 7 nitrogen and oxygen atoms in total. The number of nitrogens with zero attached hydrogens (tertiary/aromatic N) is 1. The van der Waals surface area contributed by atoms with Crippen molar-refractivity contribution in [3.05, 3.63) is 29.3 Å². The second-order valence-electron chi connectivity index (χ2n) is 5.77. The molecular formula is C16H16ClN3O4. The Kier molecular flexibility index (Phi) is 4.53. The van der Waals surface area contributed by atoms with E-state index in [0.717, 1.165) is 0 Å². The number of alkyl halides is 1. The molecular weight excluding hydrogens is 334 g/mol. The molecule has 2 N–H and O–H groups in total. The number of nitrogens with one attached hydrogen (secondary N) is 2. The third kappa shape index (κ3) is 2.99. The number of anilines is 1. The molecule has 3 rings (SSSR count). The van der Waals surface area contributed by atoms with Crippen LogP contribution in [0.1, 0.15) is 35.2 Å². The fourth-order valence-corrected chi connectivity index (χ4v) is 3.14. The van der Waals surface area contributed by atoms with Crippen LogP contribution in [0.25, 0.3) is 0 Å². The Morgan fingerprint density at radius 3 is 2.88 bits per heavy atom. The summed E-state index contributed by atoms with van der Waals surface area (Å²) >= 11 is 5.51. The molecule has 2 aliphatic rings. The van der Waals surface area contributed by atoms with E-state index in [-0.39, 0.29) is 36.6 Å². The number of imide groups is 1. The van der Waals surface area contributed by atoms with Gasteiger partial charge in [0.25, 0.3) is 5.91 Å². The number of carbonyl (C=O) groups excluding carboxylic acids is 4. The second-order valence-corrected chi connectivity index (χ2v) is 6.03. The molecule has 0 aromatic heterocycles. The van der Waals surface area contributed by atoms with E-state index in [2.05, 4.69) is 10.6 Å². The molecule has 1 fully saturated rings. The van der Waals surface area contributed by atoms with Gasteiger partial charge in [-0.1, -0.05) is 6.07 Å². The van der Waals surface area contributed by atoms with Crippen molar-refractivity contribution in [1.29, 1.82) is 0 Å². The van der Waals surface area contributed by atoms with Crippen LogP contribution in [0.4, 0.5) is 5.69 Å². The van der Waals surface area contributed by atoms with Crippen LogP contribution >= 0.6 is 11.6 Å². The fourth-order valence-electron chi connectivity index (χ4n) is 3.07. The van der Waals surface area contributed by atoms with Gasteiger partial charge in [0.2, 0.25) is 17.7 Å². The number of hydrogen-bond donors (Lipinski definition) is 2. The molecule has 2 heterocycles. The van der Waals surface area contributed by atoms with Crippen molar-refractivity contribution in [2.24, 2.45) is 0 Å². The van der Waals surface area contributed by atoms with Gasteiger partial charge in [0.05, 0.1) is 0 Å². The lowest BCUT2D eigenvalue weighted by Gasteiger charge is -2.24. The van der Waals surface area contributed by atoms with Gasteiger partial charge < -0.3 is 10.2 Å². The summed E-state index contributed by atoms with van der Waals surface area (Å²) < 4.78 is 0. The van der Waals surface area contributed by atoms with Gasteiger partial charge in [-0.05, 0) is 25.0 Å². The molecule has 0 bridgehead atoms. The molecule has 126 valence electrons. The van der Waals surface area contributed by atoms with Crippen molar-refractivity contribution in [1.82, 2.24) is 10.2 Å². The van der Waals surface area contributed by atoms with E-state index in [1.807, 2.05) is 0 Å². The van der Waals surface area contributed by atoms with E-state index in [4.69, 9.17) is 11.6 Å². The molecule has 1 unspecified atom stereocenters. The molecule has 0 spiro atoms. The molecule has 0 saturated carbocycles.